The molecule has 0 aliphatic heterocycles. The third-order valence-corrected chi connectivity index (χ3v) is 3.56. The van der Waals surface area contributed by atoms with Gasteiger partial charge < -0.3 is 9.47 Å². The van der Waals surface area contributed by atoms with E-state index in [1.54, 1.807) is 0 Å². The molecule has 0 saturated heterocycles. The van der Waals surface area contributed by atoms with Crippen molar-refractivity contribution in [2.75, 3.05) is 7.11 Å². The second-order valence-electron chi connectivity index (χ2n) is 5.08. The Morgan fingerprint density at radius 2 is 1.85 bits per heavy atom. The van der Waals surface area contributed by atoms with E-state index in [9.17, 15) is 9.59 Å². The lowest BCUT2D eigenvalue weighted by Gasteiger charge is -2.22. The monoisotopic (exact) mass is 276 g/mol. The summed E-state index contributed by atoms with van der Waals surface area (Å²) >= 11 is 0. The number of aryl methyl sites for hydroxylation is 1. The van der Waals surface area contributed by atoms with Gasteiger partial charge in [-0.15, -0.1) is 0 Å². The van der Waals surface area contributed by atoms with Crippen molar-refractivity contribution in [1.29, 1.82) is 0 Å². The Labute approximate surface area is 119 Å². The largest absolute Gasteiger partial charge is 0.490 e. The fraction of sp³-hybridized carbons (Fsp3) is 0.500. The smallest absolute Gasteiger partial charge is 0.305 e. The van der Waals surface area contributed by atoms with Gasteiger partial charge >= 0.3 is 5.97 Å². The maximum absolute atomic E-state index is 11.2. The first-order valence-corrected chi connectivity index (χ1v) is 7.01. The van der Waals surface area contributed by atoms with E-state index in [0.717, 1.165) is 24.2 Å². The normalized spacial score (nSPS) is 15.9. The van der Waals surface area contributed by atoms with Gasteiger partial charge in [-0.2, -0.15) is 0 Å². The lowest BCUT2D eigenvalue weighted by atomic mass is 9.96. The number of benzene rings is 1. The number of esters is 1. The summed E-state index contributed by atoms with van der Waals surface area (Å²) < 4.78 is 10.5. The molecular weight excluding hydrogens is 256 g/mol. The van der Waals surface area contributed by atoms with E-state index >= 15 is 0 Å². The summed E-state index contributed by atoms with van der Waals surface area (Å²) in [7, 11) is 1.40. The highest BCUT2D eigenvalue weighted by Crippen LogP contribution is 2.22. The standard InChI is InChI=1S/C16H20O4/c1-19-16(18)11-4-12-2-7-14(8-3-12)20-15-9-5-13(17)6-10-15/h2-3,7-8,15H,4-6,9-11H2,1H3. The molecule has 1 aliphatic carbocycles. The predicted octanol–water partition coefficient (Wildman–Crippen LogP) is 2.68. The minimum atomic E-state index is -0.197. The molecular formula is C16H20O4. The number of ketones is 1. The van der Waals surface area contributed by atoms with Crippen LogP contribution < -0.4 is 4.74 Å². The van der Waals surface area contributed by atoms with Crippen molar-refractivity contribution in [2.45, 2.75) is 44.6 Å². The van der Waals surface area contributed by atoms with E-state index in [1.165, 1.54) is 7.11 Å². The fourth-order valence-electron chi connectivity index (χ4n) is 2.31. The zero-order valence-electron chi connectivity index (χ0n) is 11.8. The molecule has 20 heavy (non-hydrogen) atoms. The number of Topliss-reactive ketones (excluding diaryl/α,β-unsaturated/α-hetero) is 1. The number of hydrogen-bond donors (Lipinski definition) is 0. The van der Waals surface area contributed by atoms with Crippen LogP contribution in [0.3, 0.4) is 0 Å². The summed E-state index contributed by atoms with van der Waals surface area (Å²) in [6.07, 6.45) is 4.08. The van der Waals surface area contributed by atoms with Crippen molar-refractivity contribution >= 4 is 11.8 Å². The molecule has 1 aromatic carbocycles. The van der Waals surface area contributed by atoms with Crippen molar-refractivity contribution in [3.05, 3.63) is 29.8 Å². The van der Waals surface area contributed by atoms with E-state index in [-0.39, 0.29) is 12.1 Å². The number of carbonyl (C=O) groups is 2. The van der Waals surface area contributed by atoms with Crippen molar-refractivity contribution in [1.82, 2.24) is 0 Å². The Bertz CT molecular complexity index is 454. The molecule has 0 amide bonds. The van der Waals surface area contributed by atoms with Crippen LogP contribution in [0, 0.1) is 0 Å². The number of ether oxygens (including phenoxy) is 2. The van der Waals surface area contributed by atoms with Crippen LogP contribution in [0.5, 0.6) is 5.75 Å². The molecule has 1 aliphatic rings. The number of methoxy groups -OCH3 is 1. The summed E-state index contributed by atoms with van der Waals surface area (Å²) in [5.74, 6) is 0.964. The molecule has 108 valence electrons. The van der Waals surface area contributed by atoms with Crippen LogP contribution >= 0.6 is 0 Å². The van der Waals surface area contributed by atoms with E-state index in [4.69, 9.17) is 4.74 Å². The van der Waals surface area contributed by atoms with Gasteiger partial charge in [-0.1, -0.05) is 12.1 Å². The second-order valence-corrected chi connectivity index (χ2v) is 5.08. The molecule has 0 N–H and O–H groups in total. The molecule has 1 fully saturated rings. The average Bonchev–Trinajstić information content (AvgIpc) is 2.48. The van der Waals surface area contributed by atoms with Gasteiger partial charge in [0.25, 0.3) is 0 Å². The summed E-state index contributed by atoms with van der Waals surface area (Å²) in [4.78, 5) is 22.2. The lowest BCUT2D eigenvalue weighted by Crippen LogP contribution is -2.23. The zero-order chi connectivity index (χ0) is 14.4. The zero-order valence-corrected chi connectivity index (χ0v) is 11.8. The molecule has 0 atom stereocenters. The highest BCUT2D eigenvalue weighted by molar-refractivity contribution is 5.79. The Morgan fingerprint density at radius 1 is 1.20 bits per heavy atom. The molecule has 1 saturated carbocycles. The van der Waals surface area contributed by atoms with Gasteiger partial charge in [0.2, 0.25) is 0 Å². The Balaban J connectivity index is 1.82. The van der Waals surface area contributed by atoms with Crippen molar-refractivity contribution < 1.29 is 19.1 Å². The summed E-state index contributed by atoms with van der Waals surface area (Å²) in [6.45, 7) is 0. The van der Waals surface area contributed by atoms with Gasteiger partial charge in [-0.3, -0.25) is 9.59 Å². The van der Waals surface area contributed by atoms with Crippen LogP contribution in [0.25, 0.3) is 0 Å². The van der Waals surface area contributed by atoms with Crippen LogP contribution in [0.4, 0.5) is 0 Å². The Morgan fingerprint density at radius 3 is 2.45 bits per heavy atom. The average molecular weight is 276 g/mol. The van der Waals surface area contributed by atoms with E-state index in [0.29, 0.717) is 31.5 Å². The topological polar surface area (TPSA) is 52.6 Å². The van der Waals surface area contributed by atoms with Gasteiger partial charge in [-0.25, -0.2) is 0 Å². The summed E-state index contributed by atoms with van der Waals surface area (Å²) in [6, 6.07) is 7.77. The lowest BCUT2D eigenvalue weighted by molar-refractivity contribution is -0.140. The van der Waals surface area contributed by atoms with E-state index in [1.807, 2.05) is 24.3 Å². The van der Waals surface area contributed by atoms with Crippen LogP contribution in [0.1, 0.15) is 37.7 Å². The predicted molar refractivity (Wildman–Crippen MR) is 74.7 cm³/mol. The van der Waals surface area contributed by atoms with Crippen molar-refractivity contribution in [3.63, 3.8) is 0 Å². The molecule has 0 spiro atoms. The Kier molecular flexibility index (Phi) is 5.16. The van der Waals surface area contributed by atoms with Gasteiger partial charge in [0.05, 0.1) is 13.2 Å². The minimum Gasteiger partial charge on any atom is -0.490 e. The van der Waals surface area contributed by atoms with Gasteiger partial charge in [0, 0.05) is 19.3 Å². The Hall–Kier alpha value is -1.84. The third-order valence-electron chi connectivity index (χ3n) is 3.56. The minimum absolute atomic E-state index is 0.147. The molecule has 0 heterocycles. The maximum atomic E-state index is 11.2. The molecule has 0 aromatic heterocycles. The molecule has 1 aromatic rings. The first-order valence-electron chi connectivity index (χ1n) is 7.01. The summed E-state index contributed by atoms with van der Waals surface area (Å²) in [5, 5.41) is 0. The number of carbonyl (C=O) groups excluding carboxylic acids is 2. The van der Waals surface area contributed by atoms with Crippen molar-refractivity contribution in [3.8, 4) is 5.75 Å². The second kappa shape index (κ2) is 7.08. The quantitative estimate of drug-likeness (QED) is 0.776. The van der Waals surface area contributed by atoms with Crippen molar-refractivity contribution in [2.24, 2.45) is 0 Å². The van der Waals surface area contributed by atoms with Gasteiger partial charge in [-0.05, 0) is 37.0 Å². The first kappa shape index (κ1) is 14.6. The maximum Gasteiger partial charge on any atom is 0.305 e. The molecule has 2 rings (SSSR count). The highest BCUT2D eigenvalue weighted by atomic mass is 16.5. The first-order chi connectivity index (χ1) is 9.67. The highest BCUT2D eigenvalue weighted by Gasteiger charge is 2.19. The SMILES string of the molecule is COC(=O)CCc1ccc(OC2CCC(=O)CC2)cc1. The van der Waals surface area contributed by atoms with Crippen LogP contribution in [-0.4, -0.2) is 25.0 Å². The molecule has 0 radical (unpaired) electrons. The summed E-state index contributed by atoms with van der Waals surface area (Å²) in [5.41, 5.74) is 1.08. The van der Waals surface area contributed by atoms with Gasteiger partial charge in [0.1, 0.15) is 11.5 Å². The molecule has 0 unspecified atom stereocenters. The number of rotatable bonds is 5. The van der Waals surface area contributed by atoms with Gasteiger partial charge in [0.15, 0.2) is 0 Å². The molecule has 4 heteroatoms. The van der Waals surface area contributed by atoms with Crippen LogP contribution in [0.15, 0.2) is 24.3 Å². The number of hydrogen-bond acceptors (Lipinski definition) is 4. The van der Waals surface area contributed by atoms with E-state index < -0.39 is 0 Å². The van der Waals surface area contributed by atoms with E-state index in [2.05, 4.69) is 4.74 Å². The van der Waals surface area contributed by atoms with Crippen LogP contribution in [0.2, 0.25) is 0 Å². The third kappa shape index (κ3) is 4.37. The fourth-order valence-corrected chi connectivity index (χ4v) is 2.31. The molecule has 0 bridgehead atoms. The molecule has 4 nitrogen and oxygen atoms in total. The van der Waals surface area contributed by atoms with Crippen LogP contribution in [-0.2, 0) is 20.7 Å².